The predicted molar refractivity (Wildman–Crippen MR) is 142 cm³/mol. The molecular weight excluding hydrogens is 471 g/mol. The molecule has 0 atom stereocenters. The molecule has 0 radical (unpaired) electrons. The fraction of sp³-hybridized carbons (Fsp3) is 0.148. The van der Waals surface area contributed by atoms with Gasteiger partial charge in [-0.15, -0.1) is 0 Å². The Balaban J connectivity index is 1.72. The Labute approximate surface area is 212 Å². The van der Waals surface area contributed by atoms with Crippen molar-refractivity contribution >= 4 is 33.9 Å². The van der Waals surface area contributed by atoms with Gasteiger partial charge in [-0.05, 0) is 54.8 Å². The number of aromatic nitrogens is 5. The van der Waals surface area contributed by atoms with Crippen molar-refractivity contribution in [2.75, 3.05) is 11.1 Å². The SMILES string of the molecule is Cc1ccc2[nH]ncc2c1-c1nc(-c2ccc(F)cc2Nc2ccnc(C(C)C)c2)nc(C(N)=O)c1N. The van der Waals surface area contributed by atoms with Crippen LogP contribution in [0.5, 0.6) is 0 Å². The van der Waals surface area contributed by atoms with Crippen LogP contribution in [-0.4, -0.2) is 31.1 Å². The second-order valence-electron chi connectivity index (χ2n) is 9.05. The molecule has 3 heterocycles. The summed E-state index contributed by atoms with van der Waals surface area (Å²) in [7, 11) is 0. The van der Waals surface area contributed by atoms with Gasteiger partial charge in [-0.3, -0.25) is 14.9 Å². The molecule has 37 heavy (non-hydrogen) atoms. The Bertz CT molecular complexity index is 1660. The number of amides is 1. The van der Waals surface area contributed by atoms with Gasteiger partial charge < -0.3 is 16.8 Å². The standard InChI is InChI=1S/C27H25FN8O/c1-13(2)20-11-16(8-9-31-20)33-21-10-15(28)5-6-17(21)27-34-24(23(29)25(35-27)26(30)37)22-14(3)4-7-19-18(22)12-32-36-19/h4-13H,29H2,1-3H3,(H2,30,37)(H,31,33)(H,32,36). The summed E-state index contributed by atoms with van der Waals surface area (Å²) < 4.78 is 14.4. The van der Waals surface area contributed by atoms with Crippen molar-refractivity contribution in [3.05, 3.63) is 77.6 Å². The molecule has 1 amide bonds. The molecule has 0 unspecified atom stereocenters. The van der Waals surface area contributed by atoms with Gasteiger partial charge in [-0.1, -0.05) is 19.9 Å². The molecule has 5 rings (SSSR count). The van der Waals surface area contributed by atoms with Crippen LogP contribution in [0, 0.1) is 12.7 Å². The van der Waals surface area contributed by atoms with Gasteiger partial charge in [-0.2, -0.15) is 5.10 Å². The Hall–Kier alpha value is -4.86. The van der Waals surface area contributed by atoms with Crippen molar-refractivity contribution in [1.29, 1.82) is 0 Å². The summed E-state index contributed by atoms with van der Waals surface area (Å²) in [6, 6.07) is 11.7. The van der Waals surface area contributed by atoms with Crippen LogP contribution >= 0.6 is 0 Å². The summed E-state index contributed by atoms with van der Waals surface area (Å²) >= 11 is 0. The third-order valence-corrected chi connectivity index (χ3v) is 6.12. The Morgan fingerprint density at radius 1 is 1.11 bits per heavy atom. The van der Waals surface area contributed by atoms with E-state index in [9.17, 15) is 9.18 Å². The van der Waals surface area contributed by atoms with Crippen molar-refractivity contribution < 1.29 is 9.18 Å². The van der Waals surface area contributed by atoms with Crippen LogP contribution in [-0.2, 0) is 0 Å². The topological polar surface area (TPSA) is 148 Å². The Morgan fingerprint density at radius 3 is 2.68 bits per heavy atom. The first kappa shape index (κ1) is 23.9. The molecule has 5 aromatic rings. The van der Waals surface area contributed by atoms with E-state index in [-0.39, 0.29) is 23.1 Å². The van der Waals surface area contributed by atoms with Crippen molar-refractivity contribution in [3.63, 3.8) is 0 Å². The third kappa shape index (κ3) is 4.44. The fourth-order valence-corrected chi connectivity index (χ4v) is 4.22. The van der Waals surface area contributed by atoms with Crippen LogP contribution in [0.25, 0.3) is 33.5 Å². The van der Waals surface area contributed by atoms with Gasteiger partial charge in [0.15, 0.2) is 11.5 Å². The van der Waals surface area contributed by atoms with Gasteiger partial charge in [0.05, 0.1) is 28.8 Å². The number of hydrogen-bond donors (Lipinski definition) is 4. The van der Waals surface area contributed by atoms with E-state index in [0.717, 1.165) is 27.8 Å². The summed E-state index contributed by atoms with van der Waals surface area (Å²) in [6.45, 7) is 5.99. The van der Waals surface area contributed by atoms with E-state index >= 15 is 0 Å². The quantitative estimate of drug-likeness (QED) is 0.256. The molecule has 9 nitrogen and oxygen atoms in total. The number of nitrogen functional groups attached to an aromatic ring is 1. The zero-order valence-corrected chi connectivity index (χ0v) is 20.5. The Kier molecular flexibility index (Phi) is 6.00. The van der Waals surface area contributed by atoms with E-state index in [1.54, 1.807) is 24.5 Å². The average Bonchev–Trinajstić information content (AvgIpc) is 3.34. The average molecular weight is 497 g/mol. The lowest BCUT2D eigenvalue weighted by Crippen LogP contribution is -2.18. The summed E-state index contributed by atoms with van der Waals surface area (Å²) in [5.74, 6) is -0.872. The molecule has 0 saturated heterocycles. The van der Waals surface area contributed by atoms with Crippen molar-refractivity contribution in [2.45, 2.75) is 26.7 Å². The fourth-order valence-electron chi connectivity index (χ4n) is 4.22. The molecule has 0 saturated carbocycles. The van der Waals surface area contributed by atoms with Gasteiger partial charge >= 0.3 is 0 Å². The third-order valence-electron chi connectivity index (χ3n) is 6.12. The van der Waals surface area contributed by atoms with E-state index in [1.165, 1.54) is 12.1 Å². The number of carbonyl (C=O) groups excluding carboxylic acids is 1. The molecule has 0 aliphatic heterocycles. The number of nitrogens with one attached hydrogen (secondary N) is 2. The van der Waals surface area contributed by atoms with Crippen LogP contribution in [0.15, 0.2) is 54.9 Å². The number of primary amides is 1. The number of rotatable bonds is 6. The summed E-state index contributed by atoms with van der Waals surface area (Å²) in [6.07, 6.45) is 3.36. The van der Waals surface area contributed by atoms with Crippen molar-refractivity contribution in [1.82, 2.24) is 25.1 Å². The lowest BCUT2D eigenvalue weighted by atomic mass is 9.99. The molecule has 2 aromatic carbocycles. The number of hydrogen-bond acceptors (Lipinski definition) is 7. The normalized spacial score (nSPS) is 11.3. The minimum absolute atomic E-state index is 0.0559. The number of aryl methyl sites for hydroxylation is 1. The van der Waals surface area contributed by atoms with Crippen molar-refractivity contribution in [3.8, 4) is 22.6 Å². The first-order valence-corrected chi connectivity index (χ1v) is 11.7. The monoisotopic (exact) mass is 496 g/mol. The van der Waals surface area contributed by atoms with Crippen LogP contribution in [0.1, 0.15) is 41.5 Å². The first-order valence-electron chi connectivity index (χ1n) is 11.7. The maximum atomic E-state index is 14.4. The van der Waals surface area contributed by atoms with Crippen molar-refractivity contribution in [2.24, 2.45) is 5.73 Å². The van der Waals surface area contributed by atoms with Gasteiger partial charge in [0, 0.05) is 34.1 Å². The van der Waals surface area contributed by atoms with Crippen LogP contribution in [0.2, 0.25) is 0 Å². The lowest BCUT2D eigenvalue weighted by Gasteiger charge is -2.16. The number of aromatic amines is 1. The van der Waals surface area contributed by atoms with E-state index in [2.05, 4.69) is 25.5 Å². The van der Waals surface area contributed by atoms with Crippen LogP contribution in [0.3, 0.4) is 0 Å². The molecule has 3 aromatic heterocycles. The number of benzene rings is 2. The molecule has 0 bridgehead atoms. The highest BCUT2D eigenvalue weighted by molar-refractivity contribution is 6.04. The summed E-state index contributed by atoms with van der Waals surface area (Å²) in [5, 5.41) is 11.1. The number of anilines is 3. The second kappa shape index (κ2) is 9.30. The van der Waals surface area contributed by atoms with E-state index in [4.69, 9.17) is 16.5 Å². The molecular formula is C27H25FN8O. The largest absolute Gasteiger partial charge is 0.395 e. The number of pyridine rings is 1. The maximum Gasteiger partial charge on any atom is 0.269 e. The molecule has 0 spiro atoms. The number of carbonyl (C=O) groups is 1. The van der Waals surface area contributed by atoms with E-state index < -0.39 is 11.7 Å². The summed E-state index contributed by atoms with van der Waals surface area (Å²) in [4.78, 5) is 25.9. The molecule has 0 aliphatic carbocycles. The summed E-state index contributed by atoms with van der Waals surface area (Å²) in [5.41, 5.74) is 17.1. The maximum absolute atomic E-state index is 14.4. The van der Waals surface area contributed by atoms with Crippen LogP contribution < -0.4 is 16.8 Å². The smallest absolute Gasteiger partial charge is 0.269 e. The Morgan fingerprint density at radius 2 is 1.92 bits per heavy atom. The van der Waals surface area contributed by atoms with E-state index in [1.807, 2.05) is 39.0 Å². The molecule has 6 N–H and O–H groups in total. The minimum atomic E-state index is -0.799. The molecule has 186 valence electrons. The van der Waals surface area contributed by atoms with Gasteiger partial charge in [-0.25, -0.2) is 14.4 Å². The molecule has 0 aliphatic rings. The first-order chi connectivity index (χ1) is 17.7. The zero-order valence-electron chi connectivity index (χ0n) is 20.5. The zero-order chi connectivity index (χ0) is 26.3. The lowest BCUT2D eigenvalue weighted by molar-refractivity contribution is 0.0996. The molecule has 0 fully saturated rings. The second-order valence-corrected chi connectivity index (χ2v) is 9.05. The number of nitrogens with zero attached hydrogens (tertiary/aromatic N) is 4. The predicted octanol–water partition coefficient (Wildman–Crippen LogP) is 5.08. The number of halogens is 1. The molecule has 10 heteroatoms. The number of H-pyrrole nitrogens is 1. The van der Waals surface area contributed by atoms with Gasteiger partial charge in [0.25, 0.3) is 5.91 Å². The highest BCUT2D eigenvalue weighted by atomic mass is 19.1. The van der Waals surface area contributed by atoms with Gasteiger partial charge in [0.1, 0.15) is 5.82 Å². The van der Waals surface area contributed by atoms with E-state index in [0.29, 0.717) is 22.5 Å². The highest BCUT2D eigenvalue weighted by Gasteiger charge is 2.22. The highest BCUT2D eigenvalue weighted by Crippen LogP contribution is 2.37. The van der Waals surface area contributed by atoms with Gasteiger partial charge in [0.2, 0.25) is 0 Å². The number of nitrogens with two attached hydrogens (primary N) is 2. The number of fused-ring (bicyclic) bond motifs is 1. The minimum Gasteiger partial charge on any atom is -0.395 e. The van der Waals surface area contributed by atoms with Crippen LogP contribution in [0.4, 0.5) is 21.5 Å².